The minimum atomic E-state index is -0.0890. The largest absolute Gasteiger partial charge is 0.373 e. The maximum absolute atomic E-state index is 12.2. The van der Waals surface area contributed by atoms with Crippen LogP contribution >= 0.6 is 0 Å². The van der Waals surface area contributed by atoms with Crippen molar-refractivity contribution < 1.29 is 0 Å². The van der Waals surface area contributed by atoms with Gasteiger partial charge in [-0.1, -0.05) is 30.3 Å². The third-order valence-electron chi connectivity index (χ3n) is 3.64. The summed E-state index contributed by atoms with van der Waals surface area (Å²) in [6, 6.07) is 9.94. The van der Waals surface area contributed by atoms with E-state index in [1.165, 1.54) is 0 Å². The van der Waals surface area contributed by atoms with Gasteiger partial charge in [0.15, 0.2) is 0 Å². The monoisotopic (exact) mass is 297 g/mol. The Labute approximate surface area is 128 Å². The van der Waals surface area contributed by atoms with E-state index in [9.17, 15) is 4.79 Å². The lowest BCUT2D eigenvalue weighted by Crippen LogP contribution is -2.18. The van der Waals surface area contributed by atoms with Crippen LogP contribution in [-0.2, 0) is 13.1 Å². The first-order valence-electron chi connectivity index (χ1n) is 7.31. The van der Waals surface area contributed by atoms with E-state index in [0.29, 0.717) is 6.54 Å². The summed E-state index contributed by atoms with van der Waals surface area (Å²) < 4.78 is 3.80. The van der Waals surface area contributed by atoms with Gasteiger partial charge in [-0.25, -0.2) is 9.78 Å². The molecule has 0 radical (unpaired) electrons. The van der Waals surface area contributed by atoms with Crippen LogP contribution in [-0.4, -0.2) is 26.1 Å². The van der Waals surface area contributed by atoms with Gasteiger partial charge < -0.3 is 9.88 Å². The van der Waals surface area contributed by atoms with Crippen LogP contribution in [0.15, 0.2) is 53.8 Å². The summed E-state index contributed by atoms with van der Waals surface area (Å²) in [6.45, 7) is 1.49. The van der Waals surface area contributed by atoms with Crippen molar-refractivity contribution in [3.8, 4) is 11.3 Å². The van der Waals surface area contributed by atoms with E-state index in [4.69, 9.17) is 0 Å². The van der Waals surface area contributed by atoms with E-state index >= 15 is 0 Å². The second kappa shape index (κ2) is 6.34. The van der Waals surface area contributed by atoms with Crippen LogP contribution in [0.2, 0.25) is 0 Å². The van der Waals surface area contributed by atoms with Crippen molar-refractivity contribution >= 4 is 5.82 Å². The zero-order valence-electron chi connectivity index (χ0n) is 12.5. The van der Waals surface area contributed by atoms with Crippen LogP contribution in [0.25, 0.3) is 11.3 Å². The number of hydrogen-bond donors (Lipinski definition) is 2. The summed E-state index contributed by atoms with van der Waals surface area (Å²) in [4.78, 5) is 19.1. The molecule has 114 valence electrons. The number of hydrogen-bond acceptors (Lipinski definition) is 3. The van der Waals surface area contributed by atoms with Gasteiger partial charge in [-0.3, -0.25) is 9.55 Å². The second-order valence-electron chi connectivity index (χ2n) is 5.08. The van der Waals surface area contributed by atoms with E-state index in [1.54, 1.807) is 17.1 Å². The van der Waals surface area contributed by atoms with Crippen molar-refractivity contribution in [1.29, 1.82) is 0 Å². The average Bonchev–Trinajstić information content (AvgIpc) is 3.16. The summed E-state index contributed by atoms with van der Waals surface area (Å²) in [5.74, 6) is 0.749. The molecule has 2 aromatic heterocycles. The molecule has 0 amide bonds. The Morgan fingerprint density at radius 2 is 2.05 bits per heavy atom. The molecule has 3 rings (SSSR count). The predicted molar refractivity (Wildman–Crippen MR) is 86.9 cm³/mol. The zero-order chi connectivity index (χ0) is 15.4. The summed E-state index contributed by atoms with van der Waals surface area (Å²) in [5, 5.41) is 3.07. The lowest BCUT2D eigenvalue weighted by atomic mass is 10.1. The fourth-order valence-electron chi connectivity index (χ4n) is 2.59. The van der Waals surface area contributed by atoms with Crippen LogP contribution in [0.3, 0.4) is 0 Å². The van der Waals surface area contributed by atoms with Gasteiger partial charge in [-0.2, -0.15) is 0 Å². The smallest absolute Gasteiger partial charge is 0.327 e. The number of anilines is 1. The number of aromatic amines is 1. The normalized spacial score (nSPS) is 10.8. The summed E-state index contributed by atoms with van der Waals surface area (Å²) in [6.07, 6.45) is 6.34. The van der Waals surface area contributed by atoms with Crippen LogP contribution in [0, 0.1) is 0 Å². The number of nitrogens with one attached hydrogen (secondary N) is 2. The summed E-state index contributed by atoms with van der Waals surface area (Å²) in [5.41, 5.74) is 1.83. The third kappa shape index (κ3) is 2.81. The molecule has 0 bridgehead atoms. The molecule has 22 heavy (non-hydrogen) atoms. The molecule has 0 aliphatic rings. The van der Waals surface area contributed by atoms with E-state index in [2.05, 4.69) is 15.3 Å². The van der Waals surface area contributed by atoms with E-state index in [-0.39, 0.29) is 5.69 Å². The van der Waals surface area contributed by atoms with Gasteiger partial charge >= 0.3 is 5.69 Å². The van der Waals surface area contributed by atoms with Gasteiger partial charge in [0, 0.05) is 38.1 Å². The minimum Gasteiger partial charge on any atom is -0.373 e. The molecule has 1 aromatic carbocycles. The molecule has 0 atom stereocenters. The minimum absolute atomic E-state index is 0.0890. The Balaban J connectivity index is 1.86. The van der Waals surface area contributed by atoms with Crippen molar-refractivity contribution in [3.05, 3.63) is 59.5 Å². The lowest BCUT2D eigenvalue weighted by Gasteiger charge is -2.10. The highest BCUT2D eigenvalue weighted by atomic mass is 16.1. The SMILES string of the molecule is CNc1[nH]c(=O)n(CCCn2ccnc2)c1-c1ccccc1. The third-order valence-corrected chi connectivity index (χ3v) is 3.64. The Morgan fingerprint density at radius 1 is 1.23 bits per heavy atom. The molecule has 6 heteroatoms. The number of nitrogens with zero attached hydrogens (tertiary/aromatic N) is 3. The van der Waals surface area contributed by atoms with Gasteiger partial charge in [0.2, 0.25) is 0 Å². The highest BCUT2D eigenvalue weighted by Crippen LogP contribution is 2.25. The fourth-order valence-corrected chi connectivity index (χ4v) is 2.59. The molecule has 3 aromatic rings. The first-order valence-corrected chi connectivity index (χ1v) is 7.31. The first-order chi connectivity index (χ1) is 10.8. The van der Waals surface area contributed by atoms with Crippen LogP contribution in [0.1, 0.15) is 6.42 Å². The quantitative estimate of drug-likeness (QED) is 0.732. The Bertz CT molecular complexity index is 771. The van der Waals surface area contributed by atoms with Crippen molar-refractivity contribution in [2.24, 2.45) is 0 Å². The summed E-state index contributed by atoms with van der Waals surface area (Å²) >= 11 is 0. The standard InChI is InChI=1S/C16H19N5O/c1-17-15-14(13-6-3-2-4-7-13)21(16(22)19-15)10-5-9-20-11-8-18-12-20/h2-4,6-8,11-12,17H,5,9-10H2,1H3,(H,19,22). The molecule has 0 spiro atoms. The molecule has 0 unspecified atom stereocenters. The molecule has 2 heterocycles. The van der Waals surface area contributed by atoms with Crippen LogP contribution in [0.5, 0.6) is 0 Å². The molecule has 6 nitrogen and oxygen atoms in total. The van der Waals surface area contributed by atoms with Crippen molar-refractivity contribution in [2.75, 3.05) is 12.4 Å². The number of benzene rings is 1. The van der Waals surface area contributed by atoms with Gasteiger partial charge in [-0.15, -0.1) is 0 Å². The number of imidazole rings is 2. The predicted octanol–water partition coefficient (Wildman–Crippen LogP) is 2.17. The number of aromatic nitrogens is 4. The molecule has 0 saturated carbocycles. The molecule has 0 fully saturated rings. The van der Waals surface area contributed by atoms with Crippen molar-refractivity contribution in [1.82, 2.24) is 19.1 Å². The van der Waals surface area contributed by atoms with Crippen LogP contribution < -0.4 is 11.0 Å². The molecular weight excluding hydrogens is 278 g/mol. The maximum atomic E-state index is 12.2. The lowest BCUT2D eigenvalue weighted by molar-refractivity contribution is 0.557. The van der Waals surface area contributed by atoms with Gasteiger partial charge in [0.05, 0.1) is 12.0 Å². The zero-order valence-corrected chi connectivity index (χ0v) is 12.5. The molecule has 0 aliphatic heterocycles. The highest BCUT2D eigenvalue weighted by molar-refractivity contribution is 5.72. The van der Waals surface area contributed by atoms with E-state index < -0.39 is 0 Å². The summed E-state index contributed by atoms with van der Waals surface area (Å²) in [7, 11) is 1.81. The second-order valence-corrected chi connectivity index (χ2v) is 5.08. The number of H-pyrrole nitrogens is 1. The highest BCUT2D eigenvalue weighted by Gasteiger charge is 2.14. The topological polar surface area (TPSA) is 67.6 Å². The fraction of sp³-hybridized carbons (Fsp3) is 0.250. The van der Waals surface area contributed by atoms with Gasteiger partial charge in [0.25, 0.3) is 0 Å². The van der Waals surface area contributed by atoms with Gasteiger partial charge in [-0.05, 0) is 6.42 Å². The first kappa shape index (κ1) is 14.2. The molecule has 2 N–H and O–H groups in total. The number of rotatable bonds is 6. The van der Waals surface area contributed by atoms with Crippen molar-refractivity contribution in [3.63, 3.8) is 0 Å². The van der Waals surface area contributed by atoms with Crippen molar-refractivity contribution in [2.45, 2.75) is 19.5 Å². The average molecular weight is 297 g/mol. The Hall–Kier alpha value is -2.76. The maximum Gasteiger partial charge on any atom is 0.327 e. The van der Waals surface area contributed by atoms with E-state index in [1.807, 2.05) is 48.1 Å². The number of aryl methyl sites for hydroxylation is 1. The Morgan fingerprint density at radius 3 is 2.73 bits per heavy atom. The van der Waals surface area contributed by atoms with E-state index in [0.717, 1.165) is 30.0 Å². The van der Waals surface area contributed by atoms with Gasteiger partial charge in [0.1, 0.15) is 5.82 Å². The Kier molecular flexibility index (Phi) is 4.09. The van der Waals surface area contributed by atoms with Crippen LogP contribution in [0.4, 0.5) is 5.82 Å². The molecule has 0 aliphatic carbocycles. The molecule has 0 saturated heterocycles. The molecular formula is C16H19N5O.